The summed E-state index contributed by atoms with van der Waals surface area (Å²) in [6, 6.07) is 6.09. The smallest absolute Gasteiger partial charge is 0.320 e. The zero-order valence-electron chi connectivity index (χ0n) is 16.6. The zero-order chi connectivity index (χ0) is 20.5. The van der Waals surface area contributed by atoms with E-state index in [0.29, 0.717) is 6.42 Å². The minimum atomic E-state index is -4.30. The molecule has 1 atom stereocenters. The summed E-state index contributed by atoms with van der Waals surface area (Å²) in [7, 11) is 0. The molecule has 1 aromatic heterocycles. The van der Waals surface area contributed by atoms with Gasteiger partial charge in [0.2, 0.25) is 0 Å². The predicted molar refractivity (Wildman–Crippen MR) is 102 cm³/mol. The Hall–Kier alpha value is -1.93. The van der Waals surface area contributed by atoms with E-state index >= 15 is 0 Å². The topological polar surface area (TPSA) is 60.0 Å². The molecule has 28 heavy (non-hydrogen) atoms. The first-order valence-electron chi connectivity index (χ1n) is 9.65. The molecule has 2 heterocycles. The summed E-state index contributed by atoms with van der Waals surface area (Å²) in [6.07, 6.45) is 0.0869. The van der Waals surface area contributed by atoms with Gasteiger partial charge in [-0.2, -0.15) is 13.2 Å². The second-order valence-electron chi connectivity index (χ2n) is 8.32. The lowest BCUT2D eigenvalue weighted by molar-refractivity contribution is -0.137. The van der Waals surface area contributed by atoms with Crippen LogP contribution in [-0.2, 0) is 18.1 Å². The van der Waals surface area contributed by atoms with Gasteiger partial charge in [-0.3, -0.25) is 0 Å². The van der Waals surface area contributed by atoms with E-state index in [2.05, 4.69) is 22.1 Å². The van der Waals surface area contributed by atoms with Gasteiger partial charge in [-0.1, -0.05) is 23.4 Å². The predicted octanol–water partition coefficient (Wildman–Crippen LogP) is 3.76. The second-order valence-corrected chi connectivity index (χ2v) is 8.32. The average molecular weight is 395 g/mol. The van der Waals surface area contributed by atoms with Gasteiger partial charge in [0.05, 0.1) is 23.3 Å². The molecule has 1 aliphatic heterocycles. The van der Waals surface area contributed by atoms with E-state index in [-0.39, 0.29) is 12.1 Å². The molecule has 8 heteroatoms. The molecule has 5 nitrogen and oxygen atoms in total. The number of rotatable bonds is 5. The van der Waals surface area contributed by atoms with Crippen LogP contribution < -0.4 is 5.73 Å². The monoisotopic (exact) mass is 395 g/mol. The maximum atomic E-state index is 12.9. The van der Waals surface area contributed by atoms with Crippen LogP contribution in [0, 0.1) is 0 Å². The normalized spacial score (nSPS) is 18.4. The van der Waals surface area contributed by atoms with Gasteiger partial charge in [-0.15, -0.1) is 5.10 Å². The van der Waals surface area contributed by atoms with Crippen LogP contribution in [0.2, 0.25) is 0 Å². The van der Waals surface area contributed by atoms with Crippen molar-refractivity contribution in [2.75, 3.05) is 13.1 Å². The quantitative estimate of drug-likeness (QED) is 0.838. The van der Waals surface area contributed by atoms with Crippen molar-refractivity contribution in [3.05, 3.63) is 47.3 Å². The van der Waals surface area contributed by atoms with Crippen LogP contribution in [-0.4, -0.2) is 39.0 Å². The van der Waals surface area contributed by atoms with Crippen molar-refractivity contribution in [2.24, 2.45) is 5.73 Å². The molecule has 1 aliphatic rings. The maximum absolute atomic E-state index is 12.9. The fraction of sp³-hybridized carbons (Fsp3) is 0.600. The van der Waals surface area contributed by atoms with Gasteiger partial charge < -0.3 is 10.6 Å². The Morgan fingerprint density at radius 2 is 1.89 bits per heavy atom. The first-order chi connectivity index (χ1) is 13.0. The number of likely N-dealkylation sites (tertiary alicyclic amines) is 1. The molecule has 0 unspecified atom stereocenters. The molecule has 1 aromatic carbocycles. The molecule has 0 aliphatic carbocycles. The van der Waals surface area contributed by atoms with Gasteiger partial charge in [-0.25, -0.2) is 4.68 Å². The number of alkyl halides is 3. The van der Waals surface area contributed by atoms with Gasteiger partial charge in [-0.05, 0) is 51.7 Å². The summed E-state index contributed by atoms with van der Waals surface area (Å²) in [6.45, 7) is 7.64. The van der Waals surface area contributed by atoms with Crippen LogP contribution in [0.4, 0.5) is 13.2 Å². The van der Waals surface area contributed by atoms with Crippen molar-refractivity contribution < 1.29 is 13.2 Å². The van der Waals surface area contributed by atoms with Gasteiger partial charge in [0, 0.05) is 19.1 Å². The fourth-order valence-corrected chi connectivity index (χ4v) is 3.69. The number of nitrogens with two attached hydrogens (primary N) is 1. The van der Waals surface area contributed by atoms with Crippen molar-refractivity contribution in [1.82, 2.24) is 19.9 Å². The van der Waals surface area contributed by atoms with Crippen molar-refractivity contribution in [3.8, 4) is 0 Å². The van der Waals surface area contributed by atoms with Crippen molar-refractivity contribution >= 4 is 0 Å². The highest BCUT2D eigenvalue weighted by atomic mass is 19.4. The highest BCUT2D eigenvalue weighted by Crippen LogP contribution is 2.30. The molecule has 154 valence electrons. The summed E-state index contributed by atoms with van der Waals surface area (Å²) >= 11 is 0. The third kappa shape index (κ3) is 4.91. The standard InChI is InChI=1S/C20H28F3N5/c1-14(11-15-5-4-6-16(12-15)20(21,22)23)27-9-7-17(8-10-27)28-13-18(25-26-28)19(2,3)24/h4-6,12-14,17H,7-11,24H2,1-3H3/t14-/m1/s1. The fourth-order valence-electron chi connectivity index (χ4n) is 3.69. The number of nitrogens with zero attached hydrogens (tertiary/aromatic N) is 4. The number of hydrogen-bond acceptors (Lipinski definition) is 4. The van der Waals surface area contributed by atoms with Crippen molar-refractivity contribution in [2.45, 2.75) is 63.8 Å². The van der Waals surface area contributed by atoms with E-state index in [1.54, 1.807) is 6.07 Å². The highest BCUT2D eigenvalue weighted by Gasteiger charge is 2.31. The Bertz CT molecular complexity index is 786. The lowest BCUT2D eigenvalue weighted by Gasteiger charge is -2.36. The molecule has 0 amide bonds. The summed E-state index contributed by atoms with van der Waals surface area (Å²) < 4.78 is 40.6. The number of halogens is 3. The second kappa shape index (κ2) is 7.83. The lowest BCUT2D eigenvalue weighted by atomic mass is 9.99. The van der Waals surface area contributed by atoms with Crippen LogP contribution in [0.25, 0.3) is 0 Å². The average Bonchev–Trinajstić information content (AvgIpc) is 3.12. The molecule has 0 spiro atoms. The zero-order valence-corrected chi connectivity index (χ0v) is 16.6. The van der Waals surface area contributed by atoms with Crippen LogP contribution in [0.1, 0.15) is 56.5 Å². The Morgan fingerprint density at radius 3 is 2.46 bits per heavy atom. The number of benzene rings is 1. The molecule has 1 fully saturated rings. The van der Waals surface area contributed by atoms with E-state index in [9.17, 15) is 13.2 Å². The molecule has 0 bridgehead atoms. The highest BCUT2D eigenvalue weighted by molar-refractivity contribution is 5.26. The van der Waals surface area contributed by atoms with Gasteiger partial charge in [0.1, 0.15) is 5.69 Å². The third-order valence-corrected chi connectivity index (χ3v) is 5.45. The first-order valence-corrected chi connectivity index (χ1v) is 9.65. The van der Waals surface area contributed by atoms with Crippen LogP contribution in [0.5, 0.6) is 0 Å². The first kappa shape index (κ1) is 20.8. The summed E-state index contributed by atoms with van der Waals surface area (Å²) in [5.41, 5.74) is 6.47. The molecule has 2 aromatic rings. The summed E-state index contributed by atoms with van der Waals surface area (Å²) in [5.74, 6) is 0. The Balaban J connectivity index is 1.57. The third-order valence-electron chi connectivity index (χ3n) is 5.45. The van der Waals surface area contributed by atoms with E-state index in [0.717, 1.165) is 43.3 Å². The molecule has 0 saturated carbocycles. The molecule has 0 radical (unpaired) electrons. The van der Waals surface area contributed by atoms with Gasteiger partial charge >= 0.3 is 6.18 Å². The Kier molecular flexibility index (Phi) is 5.82. The Morgan fingerprint density at radius 1 is 1.21 bits per heavy atom. The van der Waals surface area contributed by atoms with Gasteiger partial charge in [0.25, 0.3) is 0 Å². The molecule has 2 N–H and O–H groups in total. The molecule has 3 rings (SSSR count). The minimum absolute atomic E-state index is 0.179. The van der Waals surface area contributed by atoms with Crippen molar-refractivity contribution in [3.63, 3.8) is 0 Å². The number of piperidine rings is 1. The van der Waals surface area contributed by atoms with E-state index in [1.165, 1.54) is 12.1 Å². The molecular weight excluding hydrogens is 367 g/mol. The maximum Gasteiger partial charge on any atom is 0.416 e. The lowest BCUT2D eigenvalue weighted by Crippen LogP contribution is -2.41. The number of hydrogen-bond donors (Lipinski definition) is 1. The number of aromatic nitrogens is 3. The molecular formula is C20H28F3N5. The molecule has 1 saturated heterocycles. The summed E-state index contributed by atoms with van der Waals surface area (Å²) in [4.78, 5) is 2.33. The van der Waals surface area contributed by atoms with E-state index < -0.39 is 17.3 Å². The Labute approximate surface area is 163 Å². The van der Waals surface area contributed by atoms with E-state index in [4.69, 9.17) is 5.73 Å². The SMILES string of the molecule is C[C@H](Cc1cccc(C(F)(F)F)c1)N1CCC(n2cc(C(C)(C)N)nn2)CC1. The van der Waals surface area contributed by atoms with E-state index in [1.807, 2.05) is 24.7 Å². The largest absolute Gasteiger partial charge is 0.416 e. The van der Waals surface area contributed by atoms with Gasteiger partial charge in [0.15, 0.2) is 0 Å². The van der Waals surface area contributed by atoms with Crippen molar-refractivity contribution in [1.29, 1.82) is 0 Å². The summed E-state index contributed by atoms with van der Waals surface area (Å²) in [5, 5.41) is 8.42. The van der Waals surface area contributed by atoms with Crippen LogP contribution >= 0.6 is 0 Å². The van der Waals surface area contributed by atoms with Crippen LogP contribution in [0.15, 0.2) is 30.5 Å². The minimum Gasteiger partial charge on any atom is -0.320 e. The van der Waals surface area contributed by atoms with Crippen LogP contribution in [0.3, 0.4) is 0 Å².